The van der Waals surface area contributed by atoms with Crippen LogP contribution in [0.15, 0.2) is 65.5 Å². The lowest BCUT2D eigenvalue weighted by Crippen LogP contribution is -2.52. The quantitative estimate of drug-likeness (QED) is 0.422. The van der Waals surface area contributed by atoms with Gasteiger partial charge in [-0.15, -0.1) is 22.7 Å². The molecular weight excluding hydrogens is 464 g/mol. The van der Waals surface area contributed by atoms with Crippen LogP contribution in [0.1, 0.15) is 16.2 Å². The van der Waals surface area contributed by atoms with Crippen LogP contribution < -0.4 is 4.90 Å². The Morgan fingerprint density at radius 1 is 1.00 bits per heavy atom. The van der Waals surface area contributed by atoms with Crippen molar-refractivity contribution in [2.75, 3.05) is 37.6 Å². The molecule has 0 spiro atoms. The summed E-state index contributed by atoms with van der Waals surface area (Å²) in [5.41, 5.74) is 3.31. The lowest BCUT2D eigenvalue weighted by Gasteiger charge is -2.37. The Bertz CT molecular complexity index is 1340. The Labute approximate surface area is 206 Å². The monoisotopic (exact) mass is 488 g/mol. The van der Waals surface area contributed by atoms with Gasteiger partial charge in [-0.1, -0.05) is 30.3 Å². The van der Waals surface area contributed by atoms with Gasteiger partial charge in [0.05, 0.1) is 0 Å². The van der Waals surface area contributed by atoms with Gasteiger partial charge < -0.3 is 9.80 Å². The van der Waals surface area contributed by atoms with Crippen molar-refractivity contribution in [1.82, 2.24) is 14.8 Å². The minimum Gasteiger partial charge on any atom is -0.334 e. The number of carbonyl (C=O) groups excluding carboxylic acids is 2. The molecule has 172 valence electrons. The Balaban J connectivity index is 1.15. The van der Waals surface area contributed by atoms with Gasteiger partial charge in [-0.3, -0.25) is 14.5 Å². The van der Waals surface area contributed by atoms with E-state index in [0.29, 0.717) is 31.1 Å². The molecule has 2 aromatic carbocycles. The largest absolute Gasteiger partial charge is 0.334 e. The number of hydrogen-bond donors (Lipinski definition) is 0. The van der Waals surface area contributed by atoms with Crippen LogP contribution >= 0.6 is 22.7 Å². The number of hydrogen-bond acceptors (Lipinski definition) is 6. The smallest absolute Gasteiger partial charge is 0.282 e. The van der Waals surface area contributed by atoms with Gasteiger partial charge in [0.2, 0.25) is 5.91 Å². The number of rotatable bonds is 4. The molecule has 34 heavy (non-hydrogen) atoms. The van der Waals surface area contributed by atoms with Crippen molar-refractivity contribution in [3.05, 3.63) is 70.5 Å². The summed E-state index contributed by atoms with van der Waals surface area (Å²) in [4.78, 5) is 35.9. The van der Waals surface area contributed by atoms with E-state index in [-0.39, 0.29) is 17.9 Å². The Morgan fingerprint density at radius 2 is 1.85 bits per heavy atom. The van der Waals surface area contributed by atoms with Crippen molar-refractivity contribution in [3.63, 3.8) is 0 Å². The zero-order chi connectivity index (χ0) is 23.1. The highest BCUT2D eigenvalue weighted by molar-refractivity contribution is 7.17. The Kier molecular flexibility index (Phi) is 5.64. The van der Waals surface area contributed by atoms with E-state index in [1.807, 2.05) is 27.3 Å². The van der Waals surface area contributed by atoms with E-state index in [0.717, 1.165) is 24.3 Å². The first-order chi connectivity index (χ1) is 16.7. The first kappa shape index (κ1) is 21.5. The Morgan fingerprint density at radius 3 is 2.68 bits per heavy atom. The summed E-state index contributed by atoms with van der Waals surface area (Å²) in [5.74, 6) is 0.176. The summed E-state index contributed by atoms with van der Waals surface area (Å²) in [6.07, 6.45) is 2.19. The fraction of sp³-hybridized carbons (Fsp3) is 0.269. The molecule has 4 heterocycles. The maximum Gasteiger partial charge on any atom is 0.282 e. The van der Waals surface area contributed by atoms with E-state index >= 15 is 0 Å². The van der Waals surface area contributed by atoms with Crippen LogP contribution in [-0.2, 0) is 4.79 Å². The van der Waals surface area contributed by atoms with Gasteiger partial charge in [0.25, 0.3) is 5.91 Å². The molecule has 1 atom stereocenters. The number of thiophene rings is 1. The van der Waals surface area contributed by atoms with E-state index in [4.69, 9.17) is 0 Å². The molecule has 0 N–H and O–H groups in total. The van der Waals surface area contributed by atoms with Gasteiger partial charge in [0.15, 0.2) is 5.01 Å². The van der Waals surface area contributed by atoms with Crippen LogP contribution in [0.5, 0.6) is 0 Å². The molecular formula is C26H24N4O2S2. The fourth-order valence-corrected chi connectivity index (χ4v) is 6.55. The molecule has 0 saturated carbocycles. The number of benzene rings is 2. The van der Waals surface area contributed by atoms with Crippen LogP contribution in [0, 0.1) is 0 Å². The van der Waals surface area contributed by atoms with E-state index in [1.54, 1.807) is 17.5 Å². The van der Waals surface area contributed by atoms with Crippen LogP contribution in [0.4, 0.5) is 5.69 Å². The van der Waals surface area contributed by atoms with Crippen LogP contribution in [-0.4, -0.2) is 65.4 Å². The highest BCUT2D eigenvalue weighted by Crippen LogP contribution is 2.36. The predicted molar refractivity (Wildman–Crippen MR) is 138 cm³/mol. The van der Waals surface area contributed by atoms with Crippen molar-refractivity contribution in [3.8, 4) is 11.1 Å². The van der Waals surface area contributed by atoms with Crippen LogP contribution in [0.2, 0.25) is 0 Å². The molecule has 0 bridgehead atoms. The van der Waals surface area contributed by atoms with Crippen molar-refractivity contribution < 1.29 is 9.59 Å². The van der Waals surface area contributed by atoms with Crippen molar-refractivity contribution >= 4 is 50.3 Å². The molecule has 2 fully saturated rings. The zero-order valence-corrected chi connectivity index (χ0v) is 20.2. The second kappa shape index (κ2) is 8.94. The first-order valence-corrected chi connectivity index (χ1v) is 13.2. The minimum absolute atomic E-state index is 0.0107. The summed E-state index contributed by atoms with van der Waals surface area (Å²) in [7, 11) is 0. The molecule has 6 nitrogen and oxygen atoms in total. The molecule has 2 aliphatic heterocycles. The first-order valence-electron chi connectivity index (χ1n) is 11.5. The molecule has 2 amide bonds. The number of amides is 2. The third-order valence-electron chi connectivity index (χ3n) is 6.79. The maximum atomic E-state index is 13.0. The molecule has 8 heteroatoms. The van der Waals surface area contributed by atoms with Crippen molar-refractivity contribution in [2.24, 2.45) is 0 Å². The van der Waals surface area contributed by atoms with Gasteiger partial charge in [-0.25, -0.2) is 4.98 Å². The minimum atomic E-state index is 0.0107. The van der Waals surface area contributed by atoms with E-state index < -0.39 is 0 Å². The summed E-state index contributed by atoms with van der Waals surface area (Å²) >= 11 is 3.13. The van der Waals surface area contributed by atoms with Crippen molar-refractivity contribution in [2.45, 2.75) is 12.5 Å². The lowest BCUT2D eigenvalue weighted by atomic mass is 10.0. The molecule has 0 aliphatic carbocycles. The lowest BCUT2D eigenvalue weighted by molar-refractivity contribution is -0.117. The highest BCUT2D eigenvalue weighted by Gasteiger charge is 2.36. The number of carbonyl (C=O) groups is 2. The summed E-state index contributed by atoms with van der Waals surface area (Å²) in [6, 6.07) is 16.9. The molecule has 2 saturated heterocycles. The molecule has 0 radical (unpaired) electrons. The summed E-state index contributed by atoms with van der Waals surface area (Å²) in [6.45, 7) is 3.59. The number of anilines is 1. The maximum absolute atomic E-state index is 13.0. The molecule has 2 aromatic heterocycles. The second-order valence-electron chi connectivity index (χ2n) is 8.72. The molecule has 2 aliphatic rings. The Hall–Kier alpha value is -3.07. The van der Waals surface area contributed by atoms with E-state index in [2.05, 4.69) is 51.7 Å². The SMILES string of the molecule is O=C(c1nccs1)N1CCN(C2CC(=O)N(c3cccc(-c4csc5ccccc45)c3)C2)CC1. The summed E-state index contributed by atoms with van der Waals surface area (Å²) in [5, 5.41) is 5.83. The zero-order valence-electron chi connectivity index (χ0n) is 18.6. The summed E-state index contributed by atoms with van der Waals surface area (Å²) < 4.78 is 1.27. The molecule has 6 rings (SSSR count). The van der Waals surface area contributed by atoms with E-state index in [9.17, 15) is 9.59 Å². The third-order valence-corrected chi connectivity index (χ3v) is 8.51. The van der Waals surface area contributed by atoms with Gasteiger partial charge >= 0.3 is 0 Å². The number of thiazole rings is 1. The van der Waals surface area contributed by atoms with E-state index in [1.165, 1.54) is 27.0 Å². The average molecular weight is 489 g/mol. The van der Waals surface area contributed by atoms with Gasteiger partial charge in [-0.2, -0.15) is 0 Å². The molecule has 4 aromatic rings. The van der Waals surface area contributed by atoms with Gasteiger partial charge in [0, 0.05) is 78.1 Å². The van der Waals surface area contributed by atoms with Gasteiger partial charge in [-0.05, 0) is 29.1 Å². The number of piperazine rings is 1. The molecule has 1 unspecified atom stereocenters. The third kappa shape index (κ3) is 3.91. The topological polar surface area (TPSA) is 56.8 Å². The second-order valence-corrected chi connectivity index (χ2v) is 10.5. The predicted octanol–water partition coefficient (Wildman–Crippen LogP) is 4.59. The number of aromatic nitrogens is 1. The normalized spacial score (nSPS) is 19.3. The standard InChI is InChI=1S/C26H24N4O2S2/c31-24-15-20(28-9-11-29(12-10-28)26(32)25-27-8-13-33-25)16-30(24)19-5-3-4-18(14-19)22-17-34-23-7-2-1-6-21(22)23/h1-8,13-14,17,20H,9-12,15-16H2. The fourth-order valence-electron chi connectivity index (χ4n) is 4.98. The average Bonchev–Trinajstić information content (AvgIpc) is 3.64. The van der Waals surface area contributed by atoms with Crippen molar-refractivity contribution in [1.29, 1.82) is 0 Å². The highest BCUT2D eigenvalue weighted by atomic mass is 32.1. The van der Waals surface area contributed by atoms with Crippen LogP contribution in [0.3, 0.4) is 0 Å². The van der Waals surface area contributed by atoms with Crippen LogP contribution in [0.25, 0.3) is 21.2 Å². The number of fused-ring (bicyclic) bond motifs is 1. The van der Waals surface area contributed by atoms with Gasteiger partial charge in [0.1, 0.15) is 0 Å². The number of nitrogens with zero attached hydrogens (tertiary/aromatic N) is 4.